The van der Waals surface area contributed by atoms with Gasteiger partial charge in [-0.15, -0.1) is 0 Å². The van der Waals surface area contributed by atoms with Crippen LogP contribution in [-0.2, 0) is 6.42 Å². The van der Waals surface area contributed by atoms with Crippen LogP contribution in [0.3, 0.4) is 0 Å². The quantitative estimate of drug-likeness (QED) is 0.731. The van der Waals surface area contributed by atoms with E-state index in [1.54, 1.807) is 32.4 Å². The number of carboxylic acid groups (broad SMARTS) is 1. The molecule has 26 heavy (non-hydrogen) atoms. The predicted molar refractivity (Wildman–Crippen MR) is 101 cm³/mol. The molecule has 1 aromatic heterocycles. The second kappa shape index (κ2) is 9.39. The van der Waals surface area contributed by atoms with Gasteiger partial charge in [0.15, 0.2) is 17.2 Å². The van der Waals surface area contributed by atoms with Crippen LogP contribution in [0.5, 0.6) is 11.5 Å². The van der Waals surface area contributed by atoms with Crippen LogP contribution < -0.4 is 15.2 Å². The maximum atomic E-state index is 10.8. The average molecular weight is 354 g/mol. The van der Waals surface area contributed by atoms with E-state index in [0.717, 1.165) is 23.3 Å². The molecule has 0 amide bonds. The summed E-state index contributed by atoms with van der Waals surface area (Å²) in [6.45, 7) is 0.648. The van der Waals surface area contributed by atoms with Crippen molar-refractivity contribution in [2.24, 2.45) is 5.73 Å². The Hall–Kier alpha value is -3.12. The van der Waals surface area contributed by atoms with Crippen LogP contribution in [0, 0.1) is 0 Å². The molecule has 0 aliphatic rings. The van der Waals surface area contributed by atoms with Gasteiger partial charge in [-0.25, -0.2) is 9.78 Å². The summed E-state index contributed by atoms with van der Waals surface area (Å²) in [6.07, 6.45) is 2.37. The van der Waals surface area contributed by atoms with Crippen LogP contribution in [0.2, 0.25) is 0 Å². The molecule has 1 heterocycles. The van der Waals surface area contributed by atoms with E-state index < -0.39 is 5.97 Å². The minimum absolute atomic E-state index is 0.109. The first kappa shape index (κ1) is 19.2. The van der Waals surface area contributed by atoms with E-state index in [-0.39, 0.29) is 5.69 Å². The van der Waals surface area contributed by atoms with Gasteiger partial charge in [0.2, 0.25) is 0 Å². The van der Waals surface area contributed by atoms with Gasteiger partial charge in [0.1, 0.15) is 0 Å². The Morgan fingerprint density at radius 3 is 2.46 bits per heavy atom. The van der Waals surface area contributed by atoms with Crippen molar-refractivity contribution in [3.63, 3.8) is 0 Å². The standard InChI is InChI=1S/C10H7NO2.C10H15NO2/c12-10(13)9-8-4-2-1-3-7(8)5-6-11-9;1-12-9-4-3-8(5-6-11)7-10(9)13-2/h1-6H,(H,12,13);3-4,7H,5-6,11H2,1-2H3. The van der Waals surface area contributed by atoms with E-state index >= 15 is 0 Å². The number of fused-ring (bicyclic) bond motifs is 1. The van der Waals surface area contributed by atoms with Crippen molar-refractivity contribution < 1.29 is 19.4 Å². The van der Waals surface area contributed by atoms with Crippen molar-refractivity contribution in [1.82, 2.24) is 4.98 Å². The summed E-state index contributed by atoms with van der Waals surface area (Å²) in [7, 11) is 3.25. The van der Waals surface area contributed by atoms with Crippen molar-refractivity contribution in [3.8, 4) is 11.5 Å². The Kier molecular flexibility index (Phi) is 6.93. The molecule has 0 fully saturated rings. The molecule has 3 N–H and O–H groups in total. The monoisotopic (exact) mass is 354 g/mol. The smallest absolute Gasteiger partial charge is 0.355 e. The van der Waals surface area contributed by atoms with Crippen LogP contribution in [-0.4, -0.2) is 36.8 Å². The Morgan fingerprint density at radius 1 is 1.08 bits per heavy atom. The molecule has 0 atom stereocenters. The minimum atomic E-state index is -0.989. The molecule has 0 saturated heterocycles. The lowest BCUT2D eigenvalue weighted by Crippen LogP contribution is -2.03. The number of nitrogens with zero attached hydrogens (tertiary/aromatic N) is 1. The zero-order valence-electron chi connectivity index (χ0n) is 14.8. The summed E-state index contributed by atoms with van der Waals surface area (Å²) < 4.78 is 10.3. The SMILES string of the molecule is COc1ccc(CCN)cc1OC.O=C(O)c1nccc2ccccc12. The van der Waals surface area contributed by atoms with E-state index in [0.29, 0.717) is 11.9 Å². The number of aromatic carboxylic acids is 1. The lowest BCUT2D eigenvalue weighted by molar-refractivity contribution is 0.0693. The number of pyridine rings is 1. The van der Waals surface area contributed by atoms with Gasteiger partial charge in [0.05, 0.1) is 14.2 Å². The molecule has 3 aromatic rings. The molecule has 2 aromatic carbocycles. The number of carboxylic acids is 1. The van der Waals surface area contributed by atoms with Gasteiger partial charge in [-0.3, -0.25) is 0 Å². The maximum absolute atomic E-state index is 10.8. The first-order chi connectivity index (χ1) is 12.6. The van der Waals surface area contributed by atoms with Crippen molar-refractivity contribution in [2.75, 3.05) is 20.8 Å². The normalized spacial score (nSPS) is 9.96. The third-order valence-electron chi connectivity index (χ3n) is 3.76. The van der Waals surface area contributed by atoms with Gasteiger partial charge in [0, 0.05) is 11.6 Å². The van der Waals surface area contributed by atoms with E-state index in [4.69, 9.17) is 20.3 Å². The Morgan fingerprint density at radius 2 is 1.81 bits per heavy atom. The summed E-state index contributed by atoms with van der Waals surface area (Å²) in [5.41, 5.74) is 6.73. The van der Waals surface area contributed by atoms with Gasteiger partial charge in [-0.05, 0) is 42.1 Å². The van der Waals surface area contributed by atoms with Gasteiger partial charge < -0.3 is 20.3 Å². The summed E-state index contributed by atoms with van der Waals surface area (Å²) in [6, 6.07) is 14.9. The second-order valence-corrected chi connectivity index (χ2v) is 5.41. The average Bonchev–Trinajstić information content (AvgIpc) is 2.68. The van der Waals surface area contributed by atoms with E-state index in [1.807, 2.05) is 30.3 Å². The van der Waals surface area contributed by atoms with Crippen molar-refractivity contribution in [2.45, 2.75) is 6.42 Å². The molecule has 0 radical (unpaired) electrons. The van der Waals surface area contributed by atoms with E-state index in [9.17, 15) is 4.79 Å². The third kappa shape index (κ3) is 4.70. The third-order valence-corrected chi connectivity index (χ3v) is 3.76. The molecular formula is C20H22N2O4. The van der Waals surface area contributed by atoms with Crippen LogP contribution >= 0.6 is 0 Å². The van der Waals surface area contributed by atoms with Crippen LogP contribution in [0.1, 0.15) is 16.1 Å². The highest BCUT2D eigenvalue weighted by Gasteiger charge is 2.08. The number of aromatic nitrogens is 1. The molecule has 0 aliphatic carbocycles. The molecule has 0 spiro atoms. The number of hydrogen-bond donors (Lipinski definition) is 2. The van der Waals surface area contributed by atoms with Crippen LogP contribution in [0.15, 0.2) is 54.7 Å². The number of hydrogen-bond acceptors (Lipinski definition) is 5. The number of benzene rings is 2. The Balaban J connectivity index is 0.000000187. The minimum Gasteiger partial charge on any atom is -0.493 e. The van der Waals surface area contributed by atoms with Crippen molar-refractivity contribution in [1.29, 1.82) is 0 Å². The molecule has 6 nitrogen and oxygen atoms in total. The Labute approximate surface area is 152 Å². The maximum Gasteiger partial charge on any atom is 0.355 e. The Bertz CT molecular complexity index is 875. The highest BCUT2D eigenvalue weighted by atomic mass is 16.5. The summed E-state index contributed by atoms with van der Waals surface area (Å²) in [4.78, 5) is 14.6. The van der Waals surface area contributed by atoms with Gasteiger partial charge in [-0.2, -0.15) is 0 Å². The van der Waals surface area contributed by atoms with Crippen LogP contribution in [0.25, 0.3) is 10.8 Å². The highest BCUT2D eigenvalue weighted by Crippen LogP contribution is 2.27. The van der Waals surface area contributed by atoms with Gasteiger partial charge in [0.25, 0.3) is 0 Å². The highest BCUT2D eigenvalue weighted by molar-refractivity contribution is 6.01. The fourth-order valence-electron chi connectivity index (χ4n) is 2.49. The zero-order valence-corrected chi connectivity index (χ0v) is 14.8. The zero-order chi connectivity index (χ0) is 18.9. The fraction of sp³-hybridized carbons (Fsp3) is 0.200. The lowest BCUT2D eigenvalue weighted by Gasteiger charge is -2.08. The van der Waals surface area contributed by atoms with Crippen molar-refractivity contribution in [3.05, 3.63) is 66.0 Å². The van der Waals surface area contributed by atoms with Gasteiger partial charge >= 0.3 is 5.97 Å². The number of carbonyl (C=O) groups is 1. The number of methoxy groups -OCH3 is 2. The molecule has 0 aliphatic heterocycles. The van der Waals surface area contributed by atoms with Crippen molar-refractivity contribution >= 4 is 16.7 Å². The lowest BCUT2D eigenvalue weighted by atomic mass is 10.1. The predicted octanol–water partition coefficient (Wildman–Crippen LogP) is 3.14. The van der Waals surface area contributed by atoms with Gasteiger partial charge in [-0.1, -0.05) is 30.3 Å². The molecule has 6 heteroatoms. The topological polar surface area (TPSA) is 94.7 Å². The molecule has 3 rings (SSSR count). The number of nitrogens with two attached hydrogens (primary N) is 1. The molecule has 136 valence electrons. The second-order valence-electron chi connectivity index (χ2n) is 5.41. The van der Waals surface area contributed by atoms with Crippen LogP contribution in [0.4, 0.5) is 0 Å². The molecule has 0 bridgehead atoms. The fourth-order valence-corrected chi connectivity index (χ4v) is 2.49. The largest absolute Gasteiger partial charge is 0.493 e. The number of rotatable bonds is 5. The molecular weight excluding hydrogens is 332 g/mol. The first-order valence-corrected chi connectivity index (χ1v) is 8.08. The summed E-state index contributed by atoms with van der Waals surface area (Å²) >= 11 is 0. The van der Waals surface area contributed by atoms with E-state index in [1.165, 1.54) is 11.8 Å². The summed E-state index contributed by atoms with van der Waals surface area (Å²) in [5.74, 6) is 0.522. The summed E-state index contributed by atoms with van der Waals surface area (Å²) in [5, 5.41) is 10.4. The molecule has 0 saturated carbocycles. The molecule has 0 unspecified atom stereocenters. The first-order valence-electron chi connectivity index (χ1n) is 8.08. The van der Waals surface area contributed by atoms with E-state index in [2.05, 4.69) is 4.98 Å². The number of ether oxygens (including phenoxy) is 2.